The molecule has 0 bridgehead atoms. The van der Waals surface area contributed by atoms with Gasteiger partial charge in [-0.05, 0) is 24.0 Å². The number of likely N-dealkylation sites (N-methyl/N-ethyl adjacent to an activating group) is 1. The van der Waals surface area contributed by atoms with E-state index in [9.17, 15) is 4.79 Å². The monoisotopic (exact) mass is 234 g/mol. The SMILES string of the molecule is CCc1cccc2c1N(C)C(C(N)C(=O)O)C2. The van der Waals surface area contributed by atoms with Crippen LogP contribution < -0.4 is 10.6 Å². The van der Waals surface area contributed by atoms with Gasteiger partial charge in [0, 0.05) is 12.7 Å². The van der Waals surface area contributed by atoms with Crippen molar-refractivity contribution in [3.8, 4) is 0 Å². The van der Waals surface area contributed by atoms with E-state index in [2.05, 4.69) is 19.1 Å². The van der Waals surface area contributed by atoms with E-state index in [1.54, 1.807) is 0 Å². The molecule has 17 heavy (non-hydrogen) atoms. The number of carbonyl (C=O) groups is 1. The second-order valence-electron chi connectivity index (χ2n) is 4.52. The zero-order valence-electron chi connectivity index (χ0n) is 10.2. The minimum absolute atomic E-state index is 0.143. The highest BCUT2D eigenvalue weighted by molar-refractivity contribution is 5.77. The van der Waals surface area contributed by atoms with Gasteiger partial charge in [-0.25, -0.2) is 0 Å². The summed E-state index contributed by atoms with van der Waals surface area (Å²) in [6.07, 6.45) is 1.66. The van der Waals surface area contributed by atoms with Crippen LogP contribution in [-0.2, 0) is 17.6 Å². The van der Waals surface area contributed by atoms with Crippen molar-refractivity contribution < 1.29 is 9.90 Å². The molecule has 4 nitrogen and oxygen atoms in total. The highest BCUT2D eigenvalue weighted by Gasteiger charge is 2.35. The van der Waals surface area contributed by atoms with Crippen LogP contribution in [-0.4, -0.2) is 30.2 Å². The van der Waals surface area contributed by atoms with Crippen LogP contribution in [0.4, 0.5) is 5.69 Å². The number of fused-ring (bicyclic) bond motifs is 1. The number of para-hydroxylation sites is 1. The topological polar surface area (TPSA) is 66.6 Å². The number of benzene rings is 1. The first-order chi connectivity index (χ1) is 8.06. The summed E-state index contributed by atoms with van der Waals surface area (Å²) in [4.78, 5) is 13.0. The van der Waals surface area contributed by atoms with E-state index in [4.69, 9.17) is 10.8 Å². The minimum Gasteiger partial charge on any atom is -0.480 e. The molecule has 2 rings (SSSR count). The fraction of sp³-hybridized carbons (Fsp3) is 0.462. The number of hydrogen-bond donors (Lipinski definition) is 2. The molecule has 1 heterocycles. The lowest BCUT2D eigenvalue weighted by Gasteiger charge is -2.26. The molecule has 0 aromatic heterocycles. The highest BCUT2D eigenvalue weighted by Crippen LogP contribution is 2.35. The molecule has 1 aliphatic rings. The van der Waals surface area contributed by atoms with Crippen LogP contribution in [0.2, 0.25) is 0 Å². The van der Waals surface area contributed by atoms with E-state index in [-0.39, 0.29) is 6.04 Å². The van der Waals surface area contributed by atoms with Crippen molar-refractivity contribution in [1.82, 2.24) is 0 Å². The van der Waals surface area contributed by atoms with Gasteiger partial charge in [0.2, 0.25) is 0 Å². The Morgan fingerprint density at radius 1 is 1.65 bits per heavy atom. The largest absolute Gasteiger partial charge is 0.480 e. The summed E-state index contributed by atoms with van der Waals surface area (Å²) in [5.74, 6) is -0.937. The van der Waals surface area contributed by atoms with Crippen molar-refractivity contribution >= 4 is 11.7 Å². The van der Waals surface area contributed by atoms with Gasteiger partial charge in [-0.1, -0.05) is 25.1 Å². The number of nitrogens with two attached hydrogens (primary N) is 1. The minimum atomic E-state index is -0.937. The summed E-state index contributed by atoms with van der Waals surface area (Å²) in [6, 6.07) is 5.19. The molecule has 2 atom stereocenters. The first-order valence-corrected chi connectivity index (χ1v) is 5.88. The summed E-state index contributed by atoms with van der Waals surface area (Å²) >= 11 is 0. The molecule has 0 saturated heterocycles. The van der Waals surface area contributed by atoms with Crippen LogP contribution in [0.15, 0.2) is 18.2 Å². The standard InChI is InChI=1S/C13H18N2O2/c1-3-8-5-4-6-9-7-10(11(14)13(16)17)15(2)12(8)9/h4-6,10-11H,3,7,14H2,1-2H3,(H,16,17). The number of nitrogens with zero attached hydrogens (tertiary/aromatic N) is 1. The number of aliphatic carboxylic acids is 1. The quantitative estimate of drug-likeness (QED) is 0.819. The lowest BCUT2D eigenvalue weighted by molar-refractivity contribution is -0.138. The molecule has 1 aromatic carbocycles. The van der Waals surface area contributed by atoms with Crippen molar-refractivity contribution in [2.45, 2.75) is 31.8 Å². The highest BCUT2D eigenvalue weighted by atomic mass is 16.4. The van der Waals surface area contributed by atoms with Gasteiger partial charge in [-0.15, -0.1) is 0 Å². The van der Waals surface area contributed by atoms with E-state index in [0.717, 1.165) is 12.1 Å². The summed E-state index contributed by atoms with van der Waals surface area (Å²) in [7, 11) is 1.93. The Kier molecular flexibility index (Phi) is 3.07. The number of carboxylic acid groups (broad SMARTS) is 1. The molecule has 1 aliphatic heterocycles. The van der Waals surface area contributed by atoms with Gasteiger partial charge in [0.15, 0.2) is 0 Å². The number of aryl methyl sites for hydroxylation is 1. The average molecular weight is 234 g/mol. The van der Waals surface area contributed by atoms with Crippen molar-refractivity contribution in [3.63, 3.8) is 0 Å². The first-order valence-electron chi connectivity index (χ1n) is 5.88. The Balaban J connectivity index is 2.35. The third-order valence-corrected chi connectivity index (χ3v) is 3.56. The number of hydrogen-bond acceptors (Lipinski definition) is 3. The van der Waals surface area contributed by atoms with Crippen LogP contribution in [0.1, 0.15) is 18.1 Å². The maximum Gasteiger partial charge on any atom is 0.322 e. The van der Waals surface area contributed by atoms with Gasteiger partial charge in [-0.2, -0.15) is 0 Å². The molecule has 0 aliphatic carbocycles. The first kappa shape index (κ1) is 11.9. The summed E-state index contributed by atoms with van der Waals surface area (Å²) in [6.45, 7) is 2.11. The van der Waals surface area contributed by atoms with Crippen molar-refractivity contribution in [1.29, 1.82) is 0 Å². The molecule has 0 amide bonds. The van der Waals surface area contributed by atoms with Gasteiger partial charge in [0.1, 0.15) is 6.04 Å². The Bertz CT molecular complexity index is 445. The molecule has 0 fully saturated rings. The number of anilines is 1. The van der Waals surface area contributed by atoms with Crippen LogP contribution >= 0.6 is 0 Å². The third-order valence-electron chi connectivity index (χ3n) is 3.56. The van der Waals surface area contributed by atoms with Gasteiger partial charge in [0.05, 0.1) is 6.04 Å². The second-order valence-corrected chi connectivity index (χ2v) is 4.52. The van der Waals surface area contributed by atoms with Crippen LogP contribution in [0, 0.1) is 0 Å². The smallest absolute Gasteiger partial charge is 0.322 e. The van der Waals surface area contributed by atoms with Gasteiger partial charge < -0.3 is 15.7 Å². The van der Waals surface area contributed by atoms with Crippen molar-refractivity contribution in [2.24, 2.45) is 5.73 Å². The predicted molar refractivity (Wildman–Crippen MR) is 67.3 cm³/mol. The Morgan fingerprint density at radius 3 is 2.94 bits per heavy atom. The van der Waals surface area contributed by atoms with Gasteiger partial charge in [0.25, 0.3) is 0 Å². The number of rotatable bonds is 3. The normalized spacial score (nSPS) is 20.2. The van der Waals surface area contributed by atoms with E-state index in [1.165, 1.54) is 11.1 Å². The van der Waals surface area contributed by atoms with Crippen LogP contribution in [0.3, 0.4) is 0 Å². The molecule has 0 spiro atoms. The summed E-state index contributed by atoms with van der Waals surface area (Å²) in [5, 5.41) is 9.01. The van der Waals surface area contributed by atoms with E-state index < -0.39 is 12.0 Å². The summed E-state index contributed by atoms with van der Waals surface area (Å²) < 4.78 is 0. The fourth-order valence-electron chi connectivity index (χ4n) is 2.61. The average Bonchev–Trinajstić information content (AvgIpc) is 2.65. The Morgan fingerprint density at radius 2 is 2.35 bits per heavy atom. The predicted octanol–water partition coefficient (Wildman–Crippen LogP) is 1.02. The second kappa shape index (κ2) is 4.37. The molecule has 3 N–H and O–H groups in total. The fourth-order valence-corrected chi connectivity index (χ4v) is 2.61. The maximum atomic E-state index is 11.0. The molecule has 1 aromatic rings. The Hall–Kier alpha value is -1.55. The molecule has 92 valence electrons. The molecule has 0 saturated carbocycles. The molecular formula is C13H18N2O2. The molecule has 0 radical (unpaired) electrons. The lowest BCUT2D eigenvalue weighted by Crippen LogP contribution is -2.49. The molecule has 4 heteroatoms. The third kappa shape index (κ3) is 1.89. The van der Waals surface area contributed by atoms with Crippen molar-refractivity contribution in [2.75, 3.05) is 11.9 Å². The molecule has 2 unspecified atom stereocenters. The Labute approximate surface area is 101 Å². The van der Waals surface area contributed by atoms with Gasteiger partial charge >= 0.3 is 5.97 Å². The van der Waals surface area contributed by atoms with E-state index in [1.807, 2.05) is 18.0 Å². The van der Waals surface area contributed by atoms with E-state index >= 15 is 0 Å². The van der Waals surface area contributed by atoms with E-state index in [0.29, 0.717) is 6.42 Å². The number of carboxylic acids is 1. The van der Waals surface area contributed by atoms with Crippen LogP contribution in [0.25, 0.3) is 0 Å². The van der Waals surface area contributed by atoms with Crippen LogP contribution in [0.5, 0.6) is 0 Å². The zero-order valence-corrected chi connectivity index (χ0v) is 10.2. The maximum absolute atomic E-state index is 11.0. The lowest BCUT2D eigenvalue weighted by atomic mass is 10.0. The zero-order chi connectivity index (χ0) is 12.6. The molecular weight excluding hydrogens is 216 g/mol. The summed E-state index contributed by atoms with van der Waals surface area (Å²) in [5.41, 5.74) is 9.36. The van der Waals surface area contributed by atoms with Gasteiger partial charge in [-0.3, -0.25) is 4.79 Å². The van der Waals surface area contributed by atoms with Crippen molar-refractivity contribution in [3.05, 3.63) is 29.3 Å².